The Morgan fingerprint density at radius 1 is 1.47 bits per heavy atom. The van der Waals surface area contributed by atoms with Crippen molar-refractivity contribution in [2.75, 3.05) is 18.9 Å². The van der Waals surface area contributed by atoms with Gasteiger partial charge in [0.1, 0.15) is 5.82 Å². The Kier molecular flexibility index (Phi) is 4.35. The first kappa shape index (κ1) is 13.4. The lowest BCUT2D eigenvalue weighted by atomic mass is 10.2. The van der Waals surface area contributed by atoms with Crippen LogP contribution in [0.3, 0.4) is 0 Å². The van der Waals surface area contributed by atoms with Gasteiger partial charge in [-0.15, -0.1) is 0 Å². The number of aromatic nitrogens is 3. The van der Waals surface area contributed by atoms with Crippen LogP contribution in [0.1, 0.15) is 16.1 Å². The molecule has 2 aromatic rings. The molecule has 7 heteroatoms. The van der Waals surface area contributed by atoms with Gasteiger partial charge in [0.15, 0.2) is 0 Å². The van der Waals surface area contributed by atoms with Crippen LogP contribution in [0.15, 0.2) is 24.8 Å². The summed E-state index contributed by atoms with van der Waals surface area (Å²) in [5.74, 6) is 0.354. The van der Waals surface area contributed by atoms with E-state index in [1.54, 1.807) is 25.6 Å². The standard InChI is InChI=1S/C12H14ClN5O/c1-14-11-10(13)4-8(5-17-11)12(19)16-3-2-9-6-15-7-18-9/h4-7H,2-3H2,1H3,(H,14,17)(H,15,18)(H,16,19). The number of nitrogens with zero attached hydrogens (tertiary/aromatic N) is 2. The van der Waals surface area contributed by atoms with Crippen molar-refractivity contribution in [3.63, 3.8) is 0 Å². The van der Waals surface area contributed by atoms with Crippen molar-refractivity contribution in [3.8, 4) is 0 Å². The zero-order valence-electron chi connectivity index (χ0n) is 10.4. The van der Waals surface area contributed by atoms with Crippen LogP contribution in [-0.4, -0.2) is 34.5 Å². The second-order valence-corrected chi connectivity index (χ2v) is 4.29. The molecule has 3 N–H and O–H groups in total. The molecular weight excluding hydrogens is 266 g/mol. The molecule has 0 radical (unpaired) electrons. The Labute approximate surface area is 115 Å². The summed E-state index contributed by atoms with van der Waals surface area (Å²) >= 11 is 5.97. The maximum Gasteiger partial charge on any atom is 0.252 e. The van der Waals surface area contributed by atoms with Crippen LogP contribution in [0.25, 0.3) is 0 Å². The Hall–Kier alpha value is -2.08. The Balaban J connectivity index is 1.91. The van der Waals surface area contributed by atoms with Gasteiger partial charge in [-0.2, -0.15) is 0 Å². The van der Waals surface area contributed by atoms with Crippen LogP contribution in [0.4, 0.5) is 5.82 Å². The monoisotopic (exact) mass is 279 g/mol. The van der Waals surface area contributed by atoms with E-state index in [2.05, 4.69) is 25.6 Å². The van der Waals surface area contributed by atoms with Crippen molar-refractivity contribution >= 4 is 23.3 Å². The van der Waals surface area contributed by atoms with Gasteiger partial charge < -0.3 is 15.6 Å². The number of aromatic amines is 1. The van der Waals surface area contributed by atoms with Crippen molar-refractivity contribution in [3.05, 3.63) is 41.1 Å². The third kappa shape index (κ3) is 3.45. The van der Waals surface area contributed by atoms with Gasteiger partial charge >= 0.3 is 0 Å². The van der Waals surface area contributed by atoms with E-state index in [1.165, 1.54) is 6.20 Å². The van der Waals surface area contributed by atoms with Gasteiger partial charge in [-0.05, 0) is 6.07 Å². The molecule has 6 nitrogen and oxygen atoms in total. The number of nitrogens with one attached hydrogen (secondary N) is 3. The molecular formula is C12H14ClN5O. The second-order valence-electron chi connectivity index (χ2n) is 3.89. The summed E-state index contributed by atoms with van der Waals surface area (Å²) in [6.45, 7) is 0.520. The number of carbonyl (C=O) groups is 1. The van der Waals surface area contributed by atoms with Crippen LogP contribution in [-0.2, 0) is 6.42 Å². The molecule has 0 fully saturated rings. The molecule has 0 unspecified atom stereocenters. The first-order chi connectivity index (χ1) is 9.20. The number of H-pyrrole nitrogens is 1. The minimum Gasteiger partial charge on any atom is -0.372 e. The van der Waals surface area contributed by atoms with Crippen molar-refractivity contribution in [2.24, 2.45) is 0 Å². The van der Waals surface area contributed by atoms with E-state index in [4.69, 9.17) is 11.6 Å². The highest BCUT2D eigenvalue weighted by Crippen LogP contribution is 2.19. The number of hydrogen-bond acceptors (Lipinski definition) is 4. The second kappa shape index (κ2) is 6.19. The van der Waals surface area contributed by atoms with E-state index in [1.807, 2.05) is 0 Å². The Morgan fingerprint density at radius 3 is 2.95 bits per heavy atom. The molecule has 19 heavy (non-hydrogen) atoms. The molecule has 0 bridgehead atoms. The van der Waals surface area contributed by atoms with Gasteiger partial charge in [0.2, 0.25) is 0 Å². The van der Waals surface area contributed by atoms with Crippen LogP contribution < -0.4 is 10.6 Å². The van der Waals surface area contributed by atoms with Crippen LogP contribution in [0.2, 0.25) is 5.02 Å². The number of anilines is 1. The minimum atomic E-state index is -0.198. The van der Waals surface area contributed by atoms with Crippen molar-refractivity contribution in [2.45, 2.75) is 6.42 Å². The average Bonchev–Trinajstić information content (AvgIpc) is 2.91. The highest BCUT2D eigenvalue weighted by molar-refractivity contribution is 6.33. The summed E-state index contributed by atoms with van der Waals surface area (Å²) in [6.07, 6.45) is 5.52. The molecule has 0 saturated heterocycles. The zero-order chi connectivity index (χ0) is 13.7. The zero-order valence-corrected chi connectivity index (χ0v) is 11.2. The fraction of sp³-hybridized carbons (Fsp3) is 0.250. The molecule has 0 spiro atoms. The van der Waals surface area contributed by atoms with Crippen molar-refractivity contribution < 1.29 is 4.79 Å². The number of pyridine rings is 1. The summed E-state index contributed by atoms with van der Waals surface area (Å²) in [5, 5.41) is 6.05. The van der Waals surface area contributed by atoms with Crippen molar-refractivity contribution in [1.29, 1.82) is 0 Å². The minimum absolute atomic E-state index is 0.198. The number of amides is 1. The molecule has 2 rings (SSSR count). The van der Waals surface area contributed by atoms with E-state index in [9.17, 15) is 4.79 Å². The molecule has 0 saturated carbocycles. The number of imidazole rings is 1. The third-order valence-corrected chi connectivity index (χ3v) is 2.86. The summed E-state index contributed by atoms with van der Waals surface area (Å²) in [7, 11) is 1.72. The molecule has 100 valence electrons. The molecule has 0 aliphatic heterocycles. The lowest BCUT2D eigenvalue weighted by Crippen LogP contribution is -2.26. The number of halogens is 1. The largest absolute Gasteiger partial charge is 0.372 e. The van der Waals surface area contributed by atoms with Gasteiger partial charge in [0, 0.05) is 38.1 Å². The van der Waals surface area contributed by atoms with Gasteiger partial charge in [0.25, 0.3) is 5.91 Å². The first-order valence-corrected chi connectivity index (χ1v) is 6.17. The Morgan fingerprint density at radius 2 is 2.32 bits per heavy atom. The maximum absolute atomic E-state index is 11.9. The lowest BCUT2D eigenvalue weighted by Gasteiger charge is -2.06. The predicted molar refractivity (Wildman–Crippen MR) is 73.4 cm³/mol. The molecule has 0 aliphatic rings. The summed E-state index contributed by atoms with van der Waals surface area (Å²) in [6, 6.07) is 1.59. The van der Waals surface area contributed by atoms with E-state index in [0.29, 0.717) is 29.4 Å². The fourth-order valence-corrected chi connectivity index (χ4v) is 1.84. The lowest BCUT2D eigenvalue weighted by molar-refractivity contribution is 0.0954. The van der Waals surface area contributed by atoms with Crippen molar-refractivity contribution in [1.82, 2.24) is 20.3 Å². The van der Waals surface area contributed by atoms with Crippen LogP contribution >= 0.6 is 11.6 Å². The Bertz CT molecular complexity index is 555. The van der Waals surface area contributed by atoms with Gasteiger partial charge in [-0.3, -0.25) is 4.79 Å². The fourth-order valence-electron chi connectivity index (χ4n) is 1.58. The topological polar surface area (TPSA) is 82.7 Å². The van der Waals surface area contributed by atoms with E-state index in [0.717, 1.165) is 5.69 Å². The van der Waals surface area contributed by atoms with Crippen LogP contribution in [0, 0.1) is 0 Å². The molecule has 2 heterocycles. The van der Waals surface area contributed by atoms with Gasteiger partial charge in [-0.1, -0.05) is 11.6 Å². The normalized spacial score (nSPS) is 10.2. The smallest absolute Gasteiger partial charge is 0.252 e. The van der Waals surface area contributed by atoms with Gasteiger partial charge in [-0.25, -0.2) is 9.97 Å². The highest BCUT2D eigenvalue weighted by Gasteiger charge is 2.08. The van der Waals surface area contributed by atoms with E-state index in [-0.39, 0.29) is 5.91 Å². The summed E-state index contributed by atoms with van der Waals surface area (Å²) < 4.78 is 0. The predicted octanol–water partition coefficient (Wildman–Crippen LogP) is 1.47. The van der Waals surface area contributed by atoms with E-state index < -0.39 is 0 Å². The van der Waals surface area contributed by atoms with E-state index >= 15 is 0 Å². The first-order valence-electron chi connectivity index (χ1n) is 5.79. The van der Waals surface area contributed by atoms with Gasteiger partial charge in [0.05, 0.1) is 16.9 Å². The highest BCUT2D eigenvalue weighted by atomic mass is 35.5. The molecule has 0 aliphatic carbocycles. The number of rotatable bonds is 5. The quantitative estimate of drug-likeness (QED) is 0.774. The number of carbonyl (C=O) groups excluding carboxylic acids is 1. The van der Waals surface area contributed by atoms with Crippen LogP contribution in [0.5, 0.6) is 0 Å². The number of hydrogen-bond donors (Lipinski definition) is 3. The SMILES string of the molecule is CNc1ncc(C(=O)NCCc2cnc[nH]2)cc1Cl. The molecule has 0 aromatic carbocycles. The molecule has 0 atom stereocenters. The summed E-state index contributed by atoms with van der Waals surface area (Å²) in [4.78, 5) is 22.8. The maximum atomic E-state index is 11.9. The summed E-state index contributed by atoms with van der Waals surface area (Å²) in [5.41, 5.74) is 1.41. The molecule has 1 amide bonds. The average molecular weight is 280 g/mol. The molecule has 2 aromatic heterocycles. The third-order valence-electron chi connectivity index (χ3n) is 2.57.